The highest BCUT2D eigenvalue weighted by molar-refractivity contribution is 9.11. The number of rotatable bonds is 3. The van der Waals surface area contributed by atoms with Crippen LogP contribution < -0.4 is 0 Å². The SMILES string of the molecule is Cc1cc(C(=O)Cc2cccc3cccnc23)sc1Br. The Labute approximate surface area is 129 Å². The summed E-state index contributed by atoms with van der Waals surface area (Å²) in [4.78, 5) is 17.6. The fourth-order valence-electron chi connectivity index (χ4n) is 2.17. The second-order valence-corrected chi connectivity index (χ2v) is 7.03. The molecule has 2 nitrogen and oxygen atoms in total. The quantitative estimate of drug-likeness (QED) is 0.638. The van der Waals surface area contributed by atoms with Crippen molar-refractivity contribution in [2.24, 2.45) is 0 Å². The predicted molar refractivity (Wildman–Crippen MR) is 86.5 cm³/mol. The summed E-state index contributed by atoms with van der Waals surface area (Å²) in [7, 11) is 0. The molecule has 0 saturated carbocycles. The lowest BCUT2D eigenvalue weighted by Gasteiger charge is -2.04. The molecule has 0 unspecified atom stereocenters. The zero-order chi connectivity index (χ0) is 14.1. The van der Waals surface area contributed by atoms with Crippen molar-refractivity contribution in [3.05, 3.63) is 62.4 Å². The number of nitrogens with zero attached hydrogens (tertiary/aromatic N) is 1. The number of aromatic nitrogens is 1. The third-order valence-electron chi connectivity index (χ3n) is 3.20. The van der Waals surface area contributed by atoms with Crippen LogP contribution in [0.2, 0.25) is 0 Å². The molecule has 0 spiro atoms. The summed E-state index contributed by atoms with van der Waals surface area (Å²) in [5.41, 5.74) is 3.00. The van der Waals surface area contributed by atoms with E-state index in [1.807, 2.05) is 43.3 Å². The van der Waals surface area contributed by atoms with Gasteiger partial charge in [-0.15, -0.1) is 11.3 Å². The number of Topliss-reactive ketones (excluding diaryl/α,β-unsaturated/α-hetero) is 1. The molecule has 100 valence electrons. The maximum atomic E-state index is 12.4. The van der Waals surface area contributed by atoms with E-state index in [9.17, 15) is 4.79 Å². The molecule has 0 amide bonds. The van der Waals surface area contributed by atoms with E-state index < -0.39 is 0 Å². The molecule has 0 fully saturated rings. The van der Waals surface area contributed by atoms with Crippen molar-refractivity contribution in [1.29, 1.82) is 0 Å². The normalized spacial score (nSPS) is 10.9. The average molecular weight is 346 g/mol. The van der Waals surface area contributed by atoms with Crippen molar-refractivity contribution < 1.29 is 4.79 Å². The van der Waals surface area contributed by atoms with E-state index in [-0.39, 0.29) is 5.78 Å². The Morgan fingerprint density at radius 3 is 2.85 bits per heavy atom. The monoisotopic (exact) mass is 345 g/mol. The number of thiophene rings is 1. The van der Waals surface area contributed by atoms with Crippen molar-refractivity contribution in [2.75, 3.05) is 0 Å². The number of pyridine rings is 1. The van der Waals surface area contributed by atoms with Crippen molar-refractivity contribution in [2.45, 2.75) is 13.3 Å². The third-order valence-corrected chi connectivity index (χ3v) is 5.38. The number of ketones is 1. The number of benzene rings is 1. The van der Waals surface area contributed by atoms with Crippen LogP contribution in [0.25, 0.3) is 10.9 Å². The van der Waals surface area contributed by atoms with Gasteiger partial charge in [-0.25, -0.2) is 0 Å². The van der Waals surface area contributed by atoms with Gasteiger partial charge in [0.25, 0.3) is 0 Å². The van der Waals surface area contributed by atoms with Gasteiger partial charge in [0.05, 0.1) is 14.2 Å². The highest BCUT2D eigenvalue weighted by atomic mass is 79.9. The van der Waals surface area contributed by atoms with Gasteiger partial charge in [0.2, 0.25) is 0 Å². The fourth-order valence-corrected chi connectivity index (χ4v) is 3.64. The maximum absolute atomic E-state index is 12.4. The number of carbonyl (C=O) groups is 1. The molecular weight excluding hydrogens is 334 g/mol. The Balaban J connectivity index is 1.95. The average Bonchev–Trinajstić information content (AvgIpc) is 2.79. The van der Waals surface area contributed by atoms with Crippen molar-refractivity contribution in [1.82, 2.24) is 4.98 Å². The molecule has 2 aromatic heterocycles. The van der Waals surface area contributed by atoms with E-state index in [0.29, 0.717) is 6.42 Å². The van der Waals surface area contributed by atoms with E-state index in [1.54, 1.807) is 6.20 Å². The standard InChI is InChI=1S/C16H12BrNOS/c1-10-8-14(20-16(10)17)13(19)9-12-5-2-4-11-6-3-7-18-15(11)12/h2-8H,9H2,1H3. The number of hydrogen-bond acceptors (Lipinski definition) is 3. The number of hydrogen-bond donors (Lipinski definition) is 0. The van der Waals surface area contributed by atoms with E-state index in [2.05, 4.69) is 20.9 Å². The molecule has 3 aromatic rings. The third kappa shape index (κ3) is 2.53. The number of carbonyl (C=O) groups excluding carboxylic acids is 1. The molecule has 4 heteroatoms. The lowest BCUT2D eigenvalue weighted by molar-refractivity contribution is 0.0997. The molecule has 20 heavy (non-hydrogen) atoms. The molecular formula is C16H12BrNOS. The fraction of sp³-hybridized carbons (Fsp3) is 0.125. The van der Waals surface area contributed by atoms with Crippen LogP contribution in [0.5, 0.6) is 0 Å². The summed E-state index contributed by atoms with van der Waals surface area (Å²) in [6, 6.07) is 11.8. The van der Waals surface area contributed by atoms with Crippen molar-refractivity contribution in [3.63, 3.8) is 0 Å². The van der Waals surface area contributed by atoms with Gasteiger partial charge in [0.1, 0.15) is 0 Å². The summed E-state index contributed by atoms with van der Waals surface area (Å²) in [6.07, 6.45) is 2.16. The smallest absolute Gasteiger partial charge is 0.177 e. The summed E-state index contributed by atoms with van der Waals surface area (Å²) in [5.74, 6) is 0.141. The molecule has 0 N–H and O–H groups in total. The molecule has 0 aliphatic carbocycles. The van der Waals surface area contributed by atoms with Gasteiger partial charge >= 0.3 is 0 Å². The number of para-hydroxylation sites is 1. The van der Waals surface area contributed by atoms with Crippen LogP contribution in [0, 0.1) is 6.92 Å². The van der Waals surface area contributed by atoms with Crippen LogP contribution in [0.1, 0.15) is 20.8 Å². The molecule has 1 aromatic carbocycles. The van der Waals surface area contributed by atoms with Gasteiger partial charge in [-0.05, 0) is 46.1 Å². The zero-order valence-corrected chi connectivity index (χ0v) is 13.3. The van der Waals surface area contributed by atoms with Crippen molar-refractivity contribution >= 4 is 44.0 Å². The Hall–Kier alpha value is -1.52. The number of aryl methyl sites for hydroxylation is 1. The first-order valence-corrected chi connectivity index (χ1v) is 7.88. The molecule has 0 bridgehead atoms. The summed E-state index contributed by atoms with van der Waals surface area (Å²) >= 11 is 4.96. The van der Waals surface area contributed by atoms with Gasteiger partial charge in [-0.3, -0.25) is 9.78 Å². The summed E-state index contributed by atoms with van der Waals surface area (Å²) < 4.78 is 1.02. The first-order valence-electron chi connectivity index (χ1n) is 6.27. The minimum Gasteiger partial charge on any atom is -0.293 e. The van der Waals surface area contributed by atoms with Crippen LogP contribution in [-0.4, -0.2) is 10.8 Å². The second-order valence-electron chi connectivity index (χ2n) is 4.66. The maximum Gasteiger partial charge on any atom is 0.177 e. The highest BCUT2D eigenvalue weighted by Crippen LogP contribution is 2.28. The molecule has 0 aliphatic heterocycles. The molecule has 3 rings (SSSR count). The minimum atomic E-state index is 0.141. The zero-order valence-electron chi connectivity index (χ0n) is 10.9. The van der Waals surface area contributed by atoms with E-state index in [0.717, 1.165) is 30.7 Å². The number of fused-ring (bicyclic) bond motifs is 1. The molecule has 0 aliphatic rings. The number of halogens is 1. The largest absolute Gasteiger partial charge is 0.293 e. The van der Waals surface area contributed by atoms with E-state index >= 15 is 0 Å². The molecule has 0 saturated heterocycles. The lowest BCUT2D eigenvalue weighted by Crippen LogP contribution is -2.02. The van der Waals surface area contributed by atoms with E-state index in [4.69, 9.17) is 0 Å². The first-order chi connectivity index (χ1) is 9.65. The van der Waals surface area contributed by atoms with Gasteiger partial charge < -0.3 is 0 Å². The van der Waals surface area contributed by atoms with Crippen LogP contribution >= 0.6 is 27.3 Å². The van der Waals surface area contributed by atoms with Gasteiger partial charge in [0, 0.05) is 18.0 Å². The van der Waals surface area contributed by atoms with Crippen molar-refractivity contribution in [3.8, 4) is 0 Å². The Kier molecular flexibility index (Phi) is 3.68. The van der Waals surface area contributed by atoms with Crippen LogP contribution in [-0.2, 0) is 6.42 Å². The first kappa shape index (κ1) is 13.5. The van der Waals surface area contributed by atoms with Crippen LogP contribution in [0.3, 0.4) is 0 Å². The summed E-state index contributed by atoms with van der Waals surface area (Å²) in [6.45, 7) is 2.00. The lowest BCUT2D eigenvalue weighted by atomic mass is 10.0. The second kappa shape index (κ2) is 5.46. The van der Waals surface area contributed by atoms with Crippen LogP contribution in [0.4, 0.5) is 0 Å². The molecule has 0 atom stereocenters. The highest BCUT2D eigenvalue weighted by Gasteiger charge is 2.13. The summed E-state index contributed by atoms with van der Waals surface area (Å²) in [5, 5.41) is 1.07. The Bertz CT molecular complexity index is 769. The minimum absolute atomic E-state index is 0.141. The Morgan fingerprint density at radius 2 is 2.10 bits per heavy atom. The van der Waals surface area contributed by atoms with Gasteiger partial charge in [0.15, 0.2) is 5.78 Å². The molecule has 0 radical (unpaired) electrons. The van der Waals surface area contributed by atoms with Gasteiger partial charge in [-0.1, -0.05) is 24.3 Å². The predicted octanol–water partition coefficient (Wildman–Crippen LogP) is 4.79. The topological polar surface area (TPSA) is 30.0 Å². The van der Waals surface area contributed by atoms with Crippen LogP contribution in [0.15, 0.2) is 46.4 Å². The molecule has 2 heterocycles. The van der Waals surface area contributed by atoms with Gasteiger partial charge in [-0.2, -0.15) is 0 Å². The Morgan fingerprint density at radius 1 is 1.30 bits per heavy atom. The van der Waals surface area contributed by atoms with E-state index in [1.165, 1.54) is 11.3 Å².